The minimum absolute atomic E-state index is 0. The first-order valence-corrected chi connectivity index (χ1v) is 26.9. The van der Waals surface area contributed by atoms with Crippen LogP contribution in [0.3, 0.4) is 0 Å². The lowest BCUT2D eigenvalue weighted by atomic mass is 9.83. The smallest absolute Gasteiger partial charge is 0.107 e. The van der Waals surface area contributed by atoms with E-state index in [1.807, 2.05) is 39.8 Å². The van der Waals surface area contributed by atoms with Gasteiger partial charge in [-0.15, -0.1) is 0 Å². The second-order valence-corrected chi connectivity index (χ2v) is 20.8. The molecule has 0 aliphatic rings. The monoisotopic (exact) mass is 931 g/mol. The number of nitrogens with two attached hydrogens (primary N) is 5. The normalized spacial score (nSPS) is 14.6. The number of hydrogen-bond acceptors (Lipinski definition) is 8. The fourth-order valence-electron chi connectivity index (χ4n) is 7.39. The molecule has 8 heteroatoms. The van der Waals surface area contributed by atoms with Crippen molar-refractivity contribution in [1.82, 2.24) is 4.90 Å². The molecule has 0 aliphatic carbocycles. The zero-order chi connectivity index (χ0) is 50.8. The Morgan fingerprint density at radius 3 is 1.34 bits per heavy atom. The molecule has 8 nitrogen and oxygen atoms in total. The molecular formula is C57H130N6O2. The van der Waals surface area contributed by atoms with Gasteiger partial charge in [0.15, 0.2) is 0 Å². The minimum atomic E-state index is -0.248. The van der Waals surface area contributed by atoms with Crippen LogP contribution < -0.4 is 28.7 Å². The van der Waals surface area contributed by atoms with Gasteiger partial charge in [-0.25, -0.2) is 0 Å². The Bertz CT molecular complexity index is 875. The van der Waals surface area contributed by atoms with E-state index in [9.17, 15) is 0 Å². The third-order valence-corrected chi connectivity index (χ3v) is 10.5. The molecule has 0 saturated heterocycles. The van der Waals surface area contributed by atoms with E-state index in [0.717, 1.165) is 64.0 Å². The first-order valence-electron chi connectivity index (χ1n) is 26.9. The van der Waals surface area contributed by atoms with E-state index in [-0.39, 0.29) is 19.7 Å². The van der Waals surface area contributed by atoms with Gasteiger partial charge in [-0.05, 0) is 112 Å². The number of ether oxygens (including phenoxy) is 2. The third kappa shape index (κ3) is 72.3. The molecule has 0 aromatic heterocycles. The highest BCUT2D eigenvalue weighted by molar-refractivity contribution is 4.86. The van der Waals surface area contributed by atoms with E-state index >= 15 is 0 Å². The minimum Gasteiger partial charge on any atom is -0.381 e. The van der Waals surface area contributed by atoms with Gasteiger partial charge in [0.2, 0.25) is 0 Å². The summed E-state index contributed by atoms with van der Waals surface area (Å²) in [7, 11) is 0. The predicted molar refractivity (Wildman–Crippen MR) is 301 cm³/mol. The van der Waals surface area contributed by atoms with Gasteiger partial charge in [-0.1, -0.05) is 201 Å². The second-order valence-electron chi connectivity index (χ2n) is 20.8. The first kappa shape index (κ1) is 78.3. The van der Waals surface area contributed by atoms with Gasteiger partial charge in [0.1, 0.15) is 6.23 Å². The molecule has 65 heavy (non-hydrogen) atoms. The molecule has 0 spiro atoms. The number of rotatable bonds is 31. The molecule has 0 rings (SSSR count). The summed E-state index contributed by atoms with van der Waals surface area (Å²) in [6.45, 7) is 50.1. The van der Waals surface area contributed by atoms with Gasteiger partial charge in [0.05, 0.1) is 6.61 Å². The van der Waals surface area contributed by atoms with Crippen LogP contribution in [0, 0.1) is 40.4 Å². The number of nitrogens with zero attached hydrogens (tertiary/aromatic N) is 1. The Kier molecular flexibility index (Phi) is 69.3. The van der Waals surface area contributed by atoms with Gasteiger partial charge in [0, 0.05) is 45.3 Å². The van der Waals surface area contributed by atoms with E-state index < -0.39 is 0 Å². The van der Waals surface area contributed by atoms with Gasteiger partial charge in [-0.2, -0.15) is 0 Å². The van der Waals surface area contributed by atoms with Gasteiger partial charge >= 0.3 is 0 Å². The van der Waals surface area contributed by atoms with Gasteiger partial charge < -0.3 is 38.1 Å². The maximum absolute atomic E-state index is 6.30. The summed E-state index contributed by atoms with van der Waals surface area (Å²) in [5.41, 5.74) is 28.8. The van der Waals surface area contributed by atoms with Crippen molar-refractivity contribution in [2.45, 2.75) is 248 Å². The topological polar surface area (TPSA) is 152 Å². The maximum atomic E-state index is 6.30. The highest BCUT2D eigenvalue weighted by Crippen LogP contribution is 2.28. The number of allylic oxidation sites excluding steroid dienone is 1. The summed E-state index contributed by atoms with van der Waals surface area (Å²) in [5, 5.41) is 0. The molecule has 0 saturated carbocycles. The quantitative estimate of drug-likeness (QED) is 0.0340. The van der Waals surface area contributed by atoms with Crippen LogP contribution >= 0.6 is 0 Å². The van der Waals surface area contributed by atoms with Crippen LogP contribution in [0.2, 0.25) is 0 Å². The molecule has 0 aromatic carbocycles. The molecule has 10 N–H and O–H groups in total. The Morgan fingerprint density at radius 1 is 0.585 bits per heavy atom. The summed E-state index contributed by atoms with van der Waals surface area (Å²) in [5.74, 6) is 3.37. The average molecular weight is 932 g/mol. The molecule has 0 heterocycles. The van der Waals surface area contributed by atoms with Crippen LogP contribution in [-0.4, -0.2) is 76.3 Å². The summed E-state index contributed by atoms with van der Waals surface area (Å²) >= 11 is 0. The van der Waals surface area contributed by atoms with Crippen LogP contribution in [0.25, 0.3) is 0 Å². The maximum Gasteiger partial charge on any atom is 0.107 e. The Balaban J connectivity index is -0.000000162. The summed E-state index contributed by atoms with van der Waals surface area (Å²) in [4.78, 5) is 2.62. The summed E-state index contributed by atoms with van der Waals surface area (Å²) in [6.07, 6.45) is 26.0. The van der Waals surface area contributed by atoms with Crippen LogP contribution in [-0.2, 0) is 9.47 Å². The van der Waals surface area contributed by atoms with Crippen molar-refractivity contribution in [3.05, 3.63) is 24.3 Å². The van der Waals surface area contributed by atoms with Crippen molar-refractivity contribution >= 4 is 0 Å². The summed E-state index contributed by atoms with van der Waals surface area (Å²) < 4.78 is 11.8. The molecule has 0 radical (unpaired) electrons. The van der Waals surface area contributed by atoms with Crippen LogP contribution in [0.5, 0.6) is 0 Å². The van der Waals surface area contributed by atoms with Crippen LogP contribution in [0.15, 0.2) is 24.3 Å². The molecule has 0 aliphatic heterocycles. The van der Waals surface area contributed by atoms with Crippen LogP contribution in [0.1, 0.15) is 235 Å². The molecule has 7 unspecified atom stereocenters. The number of hydrogen-bond donors (Lipinski definition) is 5. The lowest BCUT2D eigenvalue weighted by molar-refractivity contribution is 0.0179. The molecule has 0 bridgehead atoms. The van der Waals surface area contributed by atoms with E-state index in [0.29, 0.717) is 41.7 Å². The molecule has 400 valence electrons. The molecule has 7 atom stereocenters. The highest BCUT2D eigenvalue weighted by Gasteiger charge is 2.19. The Morgan fingerprint density at radius 2 is 1.00 bits per heavy atom. The van der Waals surface area contributed by atoms with Crippen molar-refractivity contribution < 1.29 is 9.47 Å². The second kappa shape index (κ2) is 57.5. The lowest BCUT2D eigenvalue weighted by Crippen LogP contribution is -2.36. The average Bonchev–Trinajstić information content (AvgIpc) is 3.21. The highest BCUT2D eigenvalue weighted by atomic mass is 16.5. The van der Waals surface area contributed by atoms with Crippen LogP contribution in [0.4, 0.5) is 0 Å². The predicted octanol–water partition coefficient (Wildman–Crippen LogP) is 14.8. The molecular weight excluding hydrogens is 801 g/mol. The summed E-state index contributed by atoms with van der Waals surface area (Å²) in [6, 6.07) is 0.0800. The van der Waals surface area contributed by atoms with Crippen molar-refractivity contribution in [2.75, 3.05) is 59.1 Å². The largest absolute Gasteiger partial charge is 0.381 e. The third-order valence-electron chi connectivity index (χ3n) is 10.5. The van der Waals surface area contributed by atoms with Crippen molar-refractivity contribution in [1.29, 1.82) is 0 Å². The van der Waals surface area contributed by atoms with Crippen molar-refractivity contribution in [3.8, 4) is 0 Å². The van der Waals surface area contributed by atoms with Crippen molar-refractivity contribution in [2.24, 2.45) is 69.1 Å². The van der Waals surface area contributed by atoms with Crippen molar-refractivity contribution in [3.63, 3.8) is 0 Å². The lowest BCUT2D eigenvalue weighted by Gasteiger charge is -2.28. The molecule has 0 amide bonds. The Labute approximate surface area is 413 Å². The fraction of sp³-hybridized carbons (Fsp3) is 0.930. The molecule has 0 aromatic rings. The van der Waals surface area contributed by atoms with E-state index in [1.165, 1.54) is 90.1 Å². The van der Waals surface area contributed by atoms with E-state index in [2.05, 4.69) is 121 Å². The van der Waals surface area contributed by atoms with E-state index in [4.69, 9.17) is 38.1 Å². The van der Waals surface area contributed by atoms with E-state index in [1.54, 1.807) is 0 Å². The van der Waals surface area contributed by atoms with Gasteiger partial charge in [0.25, 0.3) is 0 Å². The SMILES string of the molecule is C.C/C=C\CN.CC.CC(CCN(C/C=C\CN)CCC(C)CC(C)(C)C)CC(C)(C)C.CCC.CCCCC(CC)COCC(C)CC(N)CC(N)OCC(CC)CCCC.CCN. The molecule has 0 fully saturated rings. The first-order chi connectivity index (χ1) is 30.1. The number of unbranched alkanes of at least 4 members (excludes halogenated alkanes) is 2. The van der Waals surface area contributed by atoms with Gasteiger partial charge in [-0.3, -0.25) is 4.90 Å². The zero-order valence-electron chi connectivity index (χ0n) is 47.5. The Hall–Kier alpha value is -0.840. The fourth-order valence-corrected chi connectivity index (χ4v) is 7.39. The zero-order valence-corrected chi connectivity index (χ0v) is 47.5. The standard InChI is InChI=1S/C23H50N2O2.C22H46N2.C4H9N.C3H8.C2H7N.C2H6.CH4/c1-6-10-12-20(8-3)17-26-16-19(5)14-22(24)15-23(25)27-18-21(9-4)13-11-7-2;1-19(17-21(3,4)5)11-15-24(14-10-9-13-23)16-12-20(2)18-22(6,7)8;1-2-3-4-5;1-3-2;1-2-3;1-2;/h19-23H,6-18,24-25H2,1-5H3;9-10,19-20H,11-18,23H2,1-8H3;2-3H,4-5H2,1H3;3H2,1-2H3;2-3H2,1H3;1-2H3;1H4/b;10-9-;3-2-;;;;.